The summed E-state index contributed by atoms with van der Waals surface area (Å²) in [6.45, 7) is 1.27. The molecule has 1 aliphatic rings. The molecule has 0 saturated carbocycles. The molecule has 0 aromatic heterocycles. The van der Waals surface area contributed by atoms with Crippen molar-refractivity contribution >= 4 is 17.5 Å². The maximum atomic E-state index is 11.7. The van der Waals surface area contributed by atoms with Crippen LogP contribution in [0.15, 0.2) is 24.3 Å². The molecule has 1 heterocycles. The molecule has 1 aromatic carbocycles. The molecule has 4 nitrogen and oxygen atoms in total. The number of benzene rings is 1. The van der Waals surface area contributed by atoms with Crippen molar-refractivity contribution in [1.29, 1.82) is 0 Å². The number of β-amino-alcohol motifs (C(OH)–C–C–N with tert-alkyl or cyclic N) is 1. The summed E-state index contributed by atoms with van der Waals surface area (Å²) in [6, 6.07) is 7.13. The van der Waals surface area contributed by atoms with Crippen molar-refractivity contribution in [2.24, 2.45) is 0 Å². The molecule has 104 valence electrons. The molecule has 1 aliphatic heterocycles. The highest BCUT2D eigenvalue weighted by molar-refractivity contribution is 6.31. The van der Waals surface area contributed by atoms with Gasteiger partial charge in [0.15, 0.2) is 0 Å². The lowest BCUT2D eigenvalue weighted by atomic mass is 10.1. The second kappa shape index (κ2) is 6.37. The van der Waals surface area contributed by atoms with E-state index >= 15 is 0 Å². The van der Waals surface area contributed by atoms with Crippen LogP contribution in [0.25, 0.3) is 0 Å². The van der Waals surface area contributed by atoms with Crippen LogP contribution >= 0.6 is 11.6 Å². The minimum atomic E-state index is -0.668. The third kappa shape index (κ3) is 3.26. The number of rotatable bonds is 4. The number of nitrogens with one attached hydrogen (secondary N) is 1. The minimum Gasteiger partial charge on any atom is -0.387 e. The van der Waals surface area contributed by atoms with Gasteiger partial charge in [0.1, 0.15) is 0 Å². The Kier molecular flexibility index (Phi) is 4.80. The topological polar surface area (TPSA) is 52.6 Å². The molecular weight excluding hydrogens is 264 g/mol. The highest BCUT2D eigenvalue weighted by Gasteiger charge is 2.31. The van der Waals surface area contributed by atoms with Crippen LogP contribution in [0, 0.1) is 0 Å². The number of nitrogens with zero attached hydrogens (tertiary/aromatic N) is 1. The van der Waals surface area contributed by atoms with Gasteiger partial charge in [0.05, 0.1) is 12.1 Å². The van der Waals surface area contributed by atoms with Crippen LogP contribution in [-0.4, -0.2) is 42.1 Å². The van der Waals surface area contributed by atoms with Crippen LogP contribution in [0.3, 0.4) is 0 Å². The molecule has 1 saturated heterocycles. The Morgan fingerprint density at radius 1 is 1.58 bits per heavy atom. The van der Waals surface area contributed by atoms with E-state index in [1.165, 1.54) is 0 Å². The van der Waals surface area contributed by atoms with Crippen molar-refractivity contribution in [3.8, 4) is 0 Å². The second-order valence-corrected chi connectivity index (χ2v) is 5.21. The third-order valence-corrected chi connectivity index (χ3v) is 3.93. The van der Waals surface area contributed by atoms with Gasteiger partial charge in [-0.25, -0.2) is 0 Å². The predicted octanol–water partition coefficient (Wildman–Crippen LogP) is 1.58. The van der Waals surface area contributed by atoms with Crippen molar-refractivity contribution in [2.75, 3.05) is 20.1 Å². The maximum Gasteiger partial charge on any atom is 0.237 e. The van der Waals surface area contributed by atoms with Gasteiger partial charge in [-0.2, -0.15) is 0 Å². The molecule has 1 fully saturated rings. The van der Waals surface area contributed by atoms with E-state index < -0.39 is 6.10 Å². The molecule has 0 spiro atoms. The Morgan fingerprint density at radius 3 is 3.00 bits per heavy atom. The third-order valence-electron chi connectivity index (χ3n) is 3.58. The highest BCUT2D eigenvalue weighted by atomic mass is 35.5. The first-order chi connectivity index (χ1) is 9.13. The van der Waals surface area contributed by atoms with Gasteiger partial charge in [0, 0.05) is 24.2 Å². The van der Waals surface area contributed by atoms with Crippen molar-refractivity contribution < 1.29 is 9.90 Å². The first kappa shape index (κ1) is 14.3. The van der Waals surface area contributed by atoms with E-state index in [1.807, 2.05) is 23.1 Å². The fourth-order valence-corrected chi connectivity index (χ4v) is 2.84. The van der Waals surface area contributed by atoms with Crippen LogP contribution < -0.4 is 5.32 Å². The van der Waals surface area contributed by atoms with Crippen LogP contribution in [-0.2, 0) is 4.79 Å². The molecule has 2 unspecified atom stereocenters. The molecular formula is C14H19ClN2O2. The van der Waals surface area contributed by atoms with E-state index in [2.05, 4.69) is 5.32 Å². The average Bonchev–Trinajstić information content (AvgIpc) is 2.86. The summed E-state index contributed by atoms with van der Waals surface area (Å²) in [5.41, 5.74) is 0.715. The number of aliphatic hydroxyl groups excluding tert-OH is 1. The van der Waals surface area contributed by atoms with Gasteiger partial charge in [-0.05, 0) is 25.5 Å². The van der Waals surface area contributed by atoms with Crippen LogP contribution in [0.2, 0.25) is 5.02 Å². The van der Waals surface area contributed by atoms with Crippen molar-refractivity contribution in [3.05, 3.63) is 34.9 Å². The lowest BCUT2D eigenvalue weighted by Crippen LogP contribution is -2.43. The summed E-state index contributed by atoms with van der Waals surface area (Å²) in [6.07, 6.45) is 1.15. The Labute approximate surface area is 118 Å². The number of amides is 1. The van der Waals surface area contributed by atoms with Gasteiger partial charge in [-0.15, -0.1) is 0 Å². The van der Waals surface area contributed by atoms with Crippen molar-refractivity contribution in [1.82, 2.24) is 10.2 Å². The zero-order valence-corrected chi connectivity index (χ0v) is 11.7. The molecule has 0 radical (unpaired) electrons. The number of carbonyl (C=O) groups excluding carboxylic acids is 1. The summed E-state index contributed by atoms with van der Waals surface area (Å²) in [7, 11) is 1.64. The van der Waals surface area contributed by atoms with Crippen LogP contribution in [0.1, 0.15) is 24.5 Å². The standard InChI is InChI=1S/C14H19ClN2O2/c1-16-14(19)12-7-4-8-17(12)9-13(18)10-5-2-3-6-11(10)15/h2-3,5-6,12-13,18H,4,7-9H2,1H3,(H,16,19). The van der Waals surface area contributed by atoms with Crippen molar-refractivity contribution in [3.63, 3.8) is 0 Å². The fraction of sp³-hybridized carbons (Fsp3) is 0.500. The summed E-state index contributed by atoms with van der Waals surface area (Å²) in [4.78, 5) is 13.8. The number of hydrogen-bond donors (Lipinski definition) is 2. The lowest BCUT2D eigenvalue weighted by molar-refractivity contribution is -0.125. The van der Waals surface area contributed by atoms with Gasteiger partial charge in [0.25, 0.3) is 0 Å². The Morgan fingerprint density at radius 2 is 2.32 bits per heavy atom. The smallest absolute Gasteiger partial charge is 0.237 e. The highest BCUT2D eigenvalue weighted by Crippen LogP contribution is 2.26. The van der Waals surface area contributed by atoms with E-state index in [-0.39, 0.29) is 11.9 Å². The van der Waals surface area contributed by atoms with Crippen molar-refractivity contribution in [2.45, 2.75) is 25.0 Å². The van der Waals surface area contributed by atoms with Gasteiger partial charge < -0.3 is 10.4 Å². The SMILES string of the molecule is CNC(=O)C1CCCN1CC(O)c1ccccc1Cl. The molecule has 0 aliphatic carbocycles. The van der Waals surface area contributed by atoms with Gasteiger partial charge in [-0.1, -0.05) is 29.8 Å². The maximum absolute atomic E-state index is 11.7. The van der Waals surface area contributed by atoms with E-state index in [0.29, 0.717) is 17.1 Å². The zero-order valence-electron chi connectivity index (χ0n) is 11.0. The van der Waals surface area contributed by atoms with Crippen LogP contribution in [0.4, 0.5) is 0 Å². The second-order valence-electron chi connectivity index (χ2n) is 4.80. The minimum absolute atomic E-state index is 0.0175. The molecule has 2 atom stereocenters. The largest absolute Gasteiger partial charge is 0.387 e. The van der Waals surface area contributed by atoms with Gasteiger partial charge in [-0.3, -0.25) is 9.69 Å². The summed E-state index contributed by atoms with van der Waals surface area (Å²) in [5.74, 6) is 0.0175. The number of halogens is 1. The Balaban J connectivity index is 2.04. The van der Waals surface area contributed by atoms with E-state index in [1.54, 1.807) is 13.1 Å². The molecule has 2 rings (SSSR count). The molecule has 1 amide bonds. The molecule has 2 N–H and O–H groups in total. The summed E-state index contributed by atoms with van der Waals surface area (Å²) in [5, 5.41) is 13.5. The van der Waals surface area contributed by atoms with E-state index in [0.717, 1.165) is 19.4 Å². The summed E-state index contributed by atoms with van der Waals surface area (Å²) < 4.78 is 0. The molecule has 0 bridgehead atoms. The number of carbonyl (C=O) groups is 1. The first-order valence-corrected chi connectivity index (χ1v) is 6.89. The molecule has 5 heteroatoms. The van der Waals surface area contributed by atoms with E-state index in [4.69, 9.17) is 11.6 Å². The normalized spacial score (nSPS) is 21.3. The monoisotopic (exact) mass is 282 g/mol. The fourth-order valence-electron chi connectivity index (χ4n) is 2.57. The average molecular weight is 283 g/mol. The molecule has 1 aromatic rings. The van der Waals surface area contributed by atoms with Gasteiger partial charge >= 0.3 is 0 Å². The Bertz CT molecular complexity index is 453. The first-order valence-electron chi connectivity index (χ1n) is 6.51. The van der Waals surface area contributed by atoms with Crippen LogP contribution in [0.5, 0.6) is 0 Å². The lowest BCUT2D eigenvalue weighted by Gasteiger charge is -2.26. The predicted molar refractivity (Wildman–Crippen MR) is 75.1 cm³/mol. The summed E-state index contributed by atoms with van der Waals surface area (Å²) >= 11 is 6.07. The number of likely N-dealkylation sites (tertiary alicyclic amines) is 1. The van der Waals surface area contributed by atoms with Gasteiger partial charge in [0.2, 0.25) is 5.91 Å². The van der Waals surface area contributed by atoms with E-state index in [9.17, 15) is 9.90 Å². The number of aliphatic hydroxyl groups is 1. The molecule has 19 heavy (non-hydrogen) atoms. The zero-order chi connectivity index (χ0) is 13.8. The number of hydrogen-bond acceptors (Lipinski definition) is 3. The quantitative estimate of drug-likeness (QED) is 0.882. The Hall–Kier alpha value is -1.10. The number of likely N-dealkylation sites (N-methyl/N-ethyl adjacent to an activating group) is 1.